The first-order valence-electron chi connectivity index (χ1n) is 9.61. The molecule has 1 aliphatic rings. The summed E-state index contributed by atoms with van der Waals surface area (Å²) in [5, 5.41) is 31.4. The number of aliphatic hydroxyl groups is 2. The molecule has 2 heterocycles. The van der Waals surface area contributed by atoms with Crippen LogP contribution < -0.4 is 14.8 Å². The summed E-state index contributed by atoms with van der Waals surface area (Å²) in [4.78, 5) is 12.6. The number of aryl methyl sites for hydroxylation is 1. The minimum Gasteiger partial charge on any atom is -0.488 e. The number of fused-ring (bicyclic) bond motifs is 1. The molecular formula is C21H21FN4O6S. The van der Waals surface area contributed by atoms with Crippen LogP contribution in [-0.4, -0.2) is 53.5 Å². The number of aliphatic hydroxyl groups excluding tert-OH is 1. The Morgan fingerprint density at radius 3 is 2.79 bits per heavy atom. The van der Waals surface area contributed by atoms with Crippen LogP contribution in [0.2, 0.25) is 0 Å². The molecule has 4 N–H and O–H groups in total. The zero-order chi connectivity index (χ0) is 24.6. The number of aromatic nitrogens is 1. The zero-order valence-corrected chi connectivity index (χ0v) is 18.7. The SMILES string of the molecule is Cn1cc2c(c1C(=O)Nc1ccc(F)c(C#N)c1)OC[C@H]([C@@H](O)C#CC(C)(C)O)NS2(=O)=O. The Hall–Kier alpha value is -3.42. The third-order valence-corrected chi connectivity index (χ3v) is 6.06. The minimum absolute atomic E-state index is 0.123. The lowest BCUT2D eigenvalue weighted by molar-refractivity contribution is 0.101. The number of sulfonamides is 1. The van der Waals surface area contributed by atoms with Crippen molar-refractivity contribution in [3.8, 4) is 23.7 Å². The van der Waals surface area contributed by atoms with Gasteiger partial charge in [0.2, 0.25) is 10.0 Å². The molecule has 1 amide bonds. The Labute approximate surface area is 189 Å². The van der Waals surface area contributed by atoms with E-state index in [1.807, 2.05) is 0 Å². The molecule has 0 fully saturated rings. The summed E-state index contributed by atoms with van der Waals surface area (Å²) < 4.78 is 48.4. The summed E-state index contributed by atoms with van der Waals surface area (Å²) in [7, 11) is -2.77. The van der Waals surface area contributed by atoms with Crippen LogP contribution in [0.5, 0.6) is 5.75 Å². The first-order valence-corrected chi connectivity index (χ1v) is 11.1. The van der Waals surface area contributed by atoms with Crippen molar-refractivity contribution < 1.29 is 32.6 Å². The van der Waals surface area contributed by atoms with Crippen LogP contribution in [0.3, 0.4) is 0 Å². The second kappa shape index (κ2) is 8.84. The predicted octanol–water partition coefficient (Wildman–Crippen LogP) is 0.463. The Bertz CT molecular complexity index is 1310. The lowest BCUT2D eigenvalue weighted by Crippen LogP contribution is -2.45. The number of anilines is 1. The van der Waals surface area contributed by atoms with Gasteiger partial charge in [-0.05, 0) is 32.0 Å². The van der Waals surface area contributed by atoms with Crippen LogP contribution >= 0.6 is 0 Å². The smallest absolute Gasteiger partial charge is 0.276 e. The van der Waals surface area contributed by atoms with Crippen molar-refractivity contribution in [3.63, 3.8) is 0 Å². The average Bonchev–Trinajstić information content (AvgIpc) is 3.00. The molecule has 2 atom stereocenters. The molecule has 0 saturated heterocycles. The summed E-state index contributed by atoms with van der Waals surface area (Å²) in [6, 6.07) is 3.90. The Kier molecular flexibility index (Phi) is 6.49. The summed E-state index contributed by atoms with van der Waals surface area (Å²) in [6.07, 6.45) is -0.320. The summed E-state index contributed by atoms with van der Waals surface area (Å²) in [5.41, 5.74) is -1.69. The molecule has 0 radical (unpaired) electrons. The van der Waals surface area contributed by atoms with E-state index in [2.05, 4.69) is 21.9 Å². The normalized spacial score (nSPS) is 17.9. The molecule has 1 aliphatic heterocycles. The Morgan fingerprint density at radius 1 is 1.45 bits per heavy atom. The lowest BCUT2D eigenvalue weighted by atomic mass is 10.1. The number of nitrogens with zero attached hydrogens (tertiary/aromatic N) is 2. The van der Waals surface area contributed by atoms with Gasteiger partial charge >= 0.3 is 0 Å². The van der Waals surface area contributed by atoms with E-state index in [9.17, 15) is 27.8 Å². The number of amides is 1. The molecule has 1 aromatic carbocycles. The van der Waals surface area contributed by atoms with Crippen molar-refractivity contribution in [2.45, 2.75) is 36.5 Å². The van der Waals surface area contributed by atoms with Crippen molar-refractivity contribution >= 4 is 21.6 Å². The van der Waals surface area contributed by atoms with Gasteiger partial charge in [-0.15, -0.1) is 0 Å². The second-order valence-electron chi connectivity index (χ2n) is 7.85. The lowest BCUT2D eigenvalue weighted by Gasteiger charge is -2.18. The molecule has 2 aromatic rings. The average molecular weight is 476 g/mol. The molecule has 12 heteroatoms. The van der Waals surface area contributed by atoms with Gasteiger partial charge in [0.15, 0.2) is 11.4 Å². The van der Waals surface area contributed by atoms with Crippen molar-refractivity contribution in [3.05, 3.63) is 41.5 Å². The maximum absolute atomic E-state index is 13.5. The van der Waals surface area contributed by atoms with Crippen LogP contribution in [0.25, 0.3) is 0 Å². The number of carbonyl (C=O) groups excluding carboxylic acids is 1. The van der Waals surface area contributed by atoms with Gasteiger partial charge in [0.1, 0.15) is 35.1 Å². The van der Waals surface area contributed by atoms with Gasteiger partial charge in [-0.3, -0.25) is 4.79 Å². The van der Waals surface area contributed by atoms with E-state index in [1.54, 1.807) is 6.07 Å². The fourth-order valence-electron chi connectivity index (χ4n) is 3.03. The van der Waals surface area contributed by atoms with Gasteiger partial charge in [0.05, 0.1) is 11.6 Å². The first kappa shape index (κ1) is 24.2. The van der Waals surface area contributed by atoms with E-state index >= 15 is 0 Å². The third kappa shape index (κ3) is 5.32. The van der Waals surface area contributed by atoms with Gasteiger partial charge in [0.25, 0.3) is 5.91 Å². The zero-order valence-electron chi connectivity index (χ0n) is 17.9. The fourth-order valence-corrected chi connectivity index (χ4v) is 4.44. The number of benzene rings is 1. The largest absolute Gasteiger partial charge is 0.488 e. The standard InChI is InChI=1S/C21H21FN4O6S/c1-21(2,29)7-6-16(27)15-11-32-19-17(33(30,31)25-15)10-26(3)18(19)20(28)24-13-4-5-14(22)12(8-13)9-23/h4-5,8,10,15-16,25,27,29H,11H2,1-3H3,(H,24,28)/t15-,16+/m1/s1. The number of hydrogen-bond donors (Lipinski definition) is 4. The predicted molar refractivity (Wildman–Crippen MR) is 114 cm³/mol. The van der Waals surface area contributed by atoms with Crippen LogP contribution in [-0.2, 0) is 17.1 Å². The molecule has 0 spiro atoms. The first-order chi connectivity index (χ1) is 15.3. The maximum atomic E-state index is 13.5. The van der Waals surface area contributed by atoms with E-state index in [4.69, 9.17) is 10.00 Å². The molecule has 0 aliphatic carbocycles. The van der Waals surface area contributed by atoms with Crippen LogP contribution in [0.15, 0.2) is 29.3 Å². The van der Waals surface area contributed by atoms with Gasteiger partial charge in [-0.2, -0.15) is 5.26 Å². The topological polar surface area (TPSA) is 154 Å². The Morgan fingerprint density at radius 2 is 2.15 bits per heavy atom. The minimum atomic E-state index is -4.21. The van der Waals surface area contributed by atoms with E-state index in [-0.39, 0.29) is 34.2 Å². The molecule has 0 bridgehead atoms. The number of nitriles is 1. The maximum Gasteiger partial charge on any atom is 0.276 e. The molecule has 0 saturated carbocycles. The number of rotatable bonds is 3. The quantitative estimate of drug-likeness (QED) is 0.470. The molecule has 3 rings (SSSR count). The molecule has 33 heavy (non-hydrogen) atoms. The molecule has 174 valence electrons. The Balaban J connectivity index is 1.92. The highest BCUT2D eigenvalue weighted by atomic mass is 32.2. The monoisotopic (exact) mass is 476 g/mol. The van der Waals surface area contributed by atoms with Crippen LogP contribution in [0.1, 0.15) is 29.9 Å². The fraction of sp³-hybridized carbons (Fsp3) is 0.333. The summed E-state index contributed by atoms with van der Waals surface area (Å²) >= 11 is 0. The third-order valence-electron chi connectivity index (χ3n) is 4.57. The van der Waals surface area contributed by atoms with E-state index < -0.39 is 39.5 Å². The van der Waals surface area contributed by atoms with Gasteiger partial charge in [-0.1, -0.05) is 11.8 Å². The van der Waals surface area contributed by atoms with Crippen LogP contribution in [0.4, 0.5) is 10.1 Å². The molecule has 1 aromatic heterocycles. The highest BCUT2D eigenvalue weighted by Gasteiger charge is 2.36. The van der Waals surface area contributed by atoms with Crippen molar-refractivity contribution in [2.24, 2.45) is 7.05 Å². The van der Waals surface area contributed by atoms with E-state index in [0.717, 1.165) is 12.1 Å². The van der Waals surface area contributed by atoms with Crippen molar-refractivity contribution in [2.75, 3.05) is 11.9 Å². The summed E-state index contributed by atoms with van der Waals surface area (Å²) in [6.45, 7) is 2.46. The highest BCUT2D eigenvalue weighted by Crippen LogP contribution is 2.33. The number of hydrogen-bond acceptors (Lipinski definition) is 7. The number of halogens is 1. The van der Waals surface area contributed by atoms with E-state index in [1.165, 1.54) is 37.7 Å². The highest BCUT2D eigenvalue weighted by molar-refractivity contribution is 7.89. The van der Waals surface area contributed by atoms with Crippen molar-refractivity contribution in [1.29, 1.82) is 5.26 Å². The number of ether oxygens (including phenoxy) is 1. The van der Waals surface area contributed by atoms with Crippen LogP contribution in [0, 0.1) is 29.0 Å². The molecular weight excluding hydrogens is 455 g/mol. The van der Waals surface area contributed by atoms with Gasteiger partial charge in [-0.25, -0.2) is 17.5 Å². The number of nitrogens with one attached hydrogen (secondary N) is 2. The second-order valence-corrected chi connectivity index (χ2v) is 9.54. The van der Waals surface area contributed by atoms with Gasteiger partial charge < -0.3 is 24.8 Å². The summed E-state index contributed by atoms with van der Waals surface area (Å²) in [5.74, 6) is 3.04. The van der Waals surface area contributed by atoms with Gasteiger partial charge in [0, 0.05) is 18.9 Å². The van der Waals surface area contributed by atoms with E-state index in [0.29, 0.717) is 0 Å². The number of carbonyl (C=O) groups is 1. The molecule has 0 unspecified atom stereocenters. The van der Waals surface area contributed by atoms with Crippen molar-refractivity contribution in [1.82, 2.24) is 9.29 Å². The molecule has 10 nitrogen and oxygen atoms in total.